The Morgan fingerprint density at radius 3 is 2.14 bits per heavy atom. The number of hydrogen-bond donors (Lipinski definition) is 1. The predicted molar refractivity (Wildman–Crippen MR) is 98.1 cm³/mol. The van der Waals surface area contributed by atoms with Gasteiger partial charge in [-0.3, -0.25) is 0 Å². The molecule has 1 saturated carbocycles. The van der Waals surface area contributed by atoms with Gasteiger partial charge >= 0.3 is 0 Å². The Bertz CT molecular complexity index is 305. The Morgan fingerprint density at radius 1 is 0.955 bits per heavy atom. The molecule has 0 bridgehead atoms. The van der Waals surface area contributed by atoms with Crippen LogP contribution in [0.1, 0.15) is 92.4 Å². The van der Waals surface area contributed by atoms with Crippen LogP contribution in [0.2, 0.25) is 0 Å². The van der Waals surface area contributed by atoms with Crippen LogP contribution in [0.25, 0.3) is 0 Å². The lowest BCUT2D eigenvalue weighted by molar-refractivity contribution is 0.0903. The van der Waals surface area contributed by atoms with Gasteiger partial charge in [0.1, 0.15) is 0 Å². The van der Waals surface area contributed by atoms with Gasteiger partial charge in [-0.2, -0.15) is 0 Å². The van der Waals surface area contributed by atoms with Gasteiger partial charge in [-0.1, -0.05) is 73.1 Å². The molecule has 1 N–H and O–H groups in total. The monoisotopic (exact) mass is 307 g/mol. The van der Waals surface area contributed by atoms with E-state index in [1.54, 1.807) is 0 Å². The largest absolute Gasteiger partial charge is 0.311 e. The number of nitrogens with one attached hydrogen (secondary N) is 1. The minimum Gasteiger partial charge on any atom is -0.311 e. The fraction of sp³-hybridized carbons (Fsp3) is 1.00. The average Bonchev–Trinajstić information content (AvgIpc) is 2.86. The summed E-state index contributed by atoms with van der Waals surface area (Å²) in [5.41, 5.74) is 0. The van der Waals surface area contributed by atoms with Crippen LogP contribution in [0, 0.1) is 29.6 Å². The second-order valence-electron chi connectivity index (χ2n) is 8.47. The van der Waals surface area contributed by atoms with Crippen LogP contribution in [0.3, 0.4) is 0 Å². The zero-order chi connectivity index (χ0) is 16.1. The molecule has 0 aromatic heterocycles. The van der Waals surface area contributed by atoms with E-state index in [9.17, 15) is 0 Å². The van der Waals surface area contributed by atoms with Crippen LogP contribution < -0.4 is 5.32 Å². The van der Waals surface area contributed by atoms with Gasteiger partial charge in [0.05, 0.1) is 0 Å². The number of fused-ring (bicyclic) bond motifs is 1. The van der Waals surface area contributed by atoms with Crippen molar-refractivity contribution in [2.45, 2.75) is 104 Å². The Balaban J connectivity index is 2.23. The topological polar surface area (TPSA) is 12.0 Å². The van der Waals surface area contributed by atoms with E-state index in [4.69, 9.17) is 0 Å². The van der Waals surface area contributed by atoms with Crippen LogP contribution in [-0.2, 0) is 0 Å². The van der Waals surface area contributed by atoms with E-state index < -0.39 is 0 Å². The molecular weight excluding hydrogens is 266 g/mol. The minimum atomic E-state index is 0.789. The van der Waals surface area contributed by atoms with Crippen molar-refractivity contribution in [1.29, 1.82) is 0 Å². The van der Waals surface area contributed by atoms with Gasteiger partial charge in [0, 0.05) is 12.1 Å². The Labute approximate surface area is 140 Å². The summed E-state index contributed by atoms with van der Waals surface area (Å²) in [7, 11) is 0. The SMILES string of the molecule is CCCC(CCC)C(C(C)C)C1C(CC)NC2CCCCC21. The van der Waals surface area contributed by atoms with E-state index >= 15 is 0 Å². The second-order valence-corrected chi connectivity index (χ2v) is 8.47. The highest BCUT2D eigenvalue weighted by Gasteiger charge is 2.48. The first-order valence-corrected chi connectivity index (χ1v) is 10.4. The van der Waals surface area contributed by atoms with Gasteiger partial charge in [0.25, 0.3) is 0 Å². The molecule has 22 heavy (non-hydrogen) atoms. The Morgan fingerprint density at radius 2 is 1.59 bits per heavy atom. The van der Waals surface area contributed by atoms with Gasteiger partial charge < -0.3 is 5.32 Å². The van der Waals surface area contributed by atoms with Crippen molar-refractivity contribution in [3.63, 3.8) is 0 Å². The summed E-state index contributed by atoms with van der Waals surface area (Å²) >= 11 is 0. The minimum absolute atomic E-state index is 0.789. The maximum absolute atomic E-state index is 4.07. The quantitative estimate of drug-likeness (QED) is 0.577. The van der Waals surface area contributed by atoms with Crippen molar-refractivity contribution in [3.8, 4) is 0 Å². The zero-order valence-corrected chi connectivity index (χ0v) is 15.9. The summed E-state index contributed by atoms with van der Waals surface area (Å²) in [5, 5.41) is 4.07. The van der Waals surface area contributed by atoms with E-state index in [2.05, 4.69) is 39.9 Å². The predicted octanol–water partition coefficient (Wildman–Crippen LogP) is 6.03. The van der Waals surface area contributed by atoms with Crippen LogP contribution in [0.5, 0.6) is 0 Å². The van der Waals surface area contributed by atoms with Gasteiger partial charge in [0.15, 0.2) is 0 Å². The smallest absolute Gasteiger partial charge is 0.0101 e. The van der Waals surface area contributed by atoms with E-state index in [0.29, 0.717) is 0 Å². The second kappa shape index (κ2) is 8.71. The lowest BCUT2D eigenvalue weighted by atomic mass is 9.63. The molecule has 0 aromatic rings. The molecule has 0 spiro atoms. The highest BCUT2D eigenvalue weighted by atomic mass is 15.0. The third kappa shape index (κ3) is 3.89. The molecule has 0 radical (unpaired) electrons. The van der Waals surface area contributed by atoms with Crippen molar-refractivity contribution in [2.24, 2.45) is 29.6 Å². The maximum atomic E-state index is 4.07. The van der Waals surface area contributed by atoms with Crippen molar-refractivity contribution in [2.75, 3.05) is 0 Å². The lowest BCUT2D eigenvalue weighted by Gasteiger charge is -2.41. The summed E-state index contributed by atoms with van der Waals surface area (Å²) in [6.45, 7) is 12.2. The van der Waals surface area contributed by atoms with E-state index in [0.717, 1.165) is 41.7 Å². The van der Waals surface area contributed by atoms with Crippen molar-refractivity contribution in [1.82, 2.24) is 5.32 Å². The molecule has 5 unspecified atom stereocenters. The van der Waals surface area contributed by atoms with Crippen LogP contribution in [0.15, 0.2) is 0 Å². The number of hydrogen-bond acceptors (Lipinski definition) is 1. The summed E-state index contributed by atoms with van der Waals surface area (Å²) in [5.74, 6) is 4.65. The first-order valence-electron chi connectivity index (χ1n) is 10.4. The Hall–Kier alpha value is -0.0400. The summed E-state index contributed by atoms with van der Waals surface area (Å²) in [6.07, 6.45) is 12.8. The number of rotatable bonds is 8. The molecule has 0 amide bonds. The molecule has 1 heterocycles. The molecule has 1 aliphatic carbocycles. The van der Waals surface area contributed by atoms with E-state index in [1.165, 1.54) is 57.8 Å². The zero-order valence-electron chi connectivity index (χ0n) is 15.9. The Kier molecular flexibility index (Phi) is 7.25. The van der Waals surface area contributed by atoms with E-state index in [1.807, 2.05) is 0 Å². The van der Waals surface area contributed by atoms with E-state index in [-0.39, 0.29) is 0 Å². The molecule has 2 fully saturated rings. The third-order valence-corrected chi connectivity index (χ3v) is 6.72. The normalized spacial score (nSPS) is 33.4. The maximum Gasteiger partial charge on any atom is 0.0101 e. The standard InChI is InChI=1S/C21H41N/c1-6-11-16(12-7-2)20(15(4)5)21-17-13-9-10-14-19(17)22-18(21)8-3/h15-22H,6-14H2,1-5H3. The molecular formula is C21H41N. The molecule has 130 valence electrons. The van der Waals surface area contributed by atoms with Gasteiger partial charge in [-0.25, -0.2) is 0 Å². The van der Waals surface area contributed by atoms with Crippen molar-refractivity contribution in [3.05, 3.63) is 0 Å². The summed E-state index contributed by atoms with van der Waals surface area (Å²) in [6, 6.07) is 1.63. The van der Waals surface area contributed by atoms with Gasteiger partial charge in [-0.05, 0) is 48.9 Å². The van der Waals surface area contributed by atoms with Crippen LogP contribution in [-0.4, -0.2) is 12.1 Å². The molecule has 5 atom stereocenters. The fourth-order valence-corrected chi connectivity index (χ4v) is 6.03. The molecule has 1 aliphatic heterocycles. The van der Waals surface area contributed by atoms with Gasteiger partial charge in [0.2, 0.25) is 0 Å². The van der Waals surface area contributed by atoms with Gasteiger partial charge in [-0.15, -0.1) is 0 Å². The average molecular weight is 308 g/mol. The van der Waals surface area contributed by atoms with Crippen molar-refractivity contribution < 1.29 is 0 Å². The summed E-state index contributed by atoms with van der Waals surface area (Å²) < 4.78 is 0. The van der Waals surface area contributed by atoms with Crippen molar-refractivity contribution >= 4 is 0 Å². The first-order chi connectivity index (χ1) is 10.6. The van der Waals surface area contributed by atoms with Crippen LogP contribution in [0.4, 0.5) is 0 Å². The third-order valence-electron chi connectivity index (χ3n) is 6.72. The molecule has 2 rings (SSSR count). The summed E-state index contributed by atoms with van der Waals surface area (Å²) in [4.78, 5) is 0. The molecule has 1 saturated heterocycles. The molecule has 1 nitrogen and oxygen atoms in total. The molecule has 1 heteroatoms. The highest BCUT2D eigenvalue weighted by molar-refractivity contribution is 5.02. The molecule has 2 aliphatic rings. The molecule has 0 aromatic carbocycles. The highest BCUT2D eigenvalue weighted by Crippen LogP contribution is 2.48. The fourth-order valence-electron chi connectivity index (χ4n) is 6.03. The van der Waals surface area contributed by atoms with Crippen LogP contribution >= 0.6 is 0 Å². The lowest BCUT2D eigenvalue weighted by Crippen LogP contribution is -2.38. The first kappa shape index (κ1) is 18.3.